The number of halogens is 1. The maximum Gasteiger partial charge on any atom is 0.252 e. The summed E-state index contributed by atoms with van der Waals surface area (Å²) in [7, 11) is 1.61. The number of ether oxygens (including phenoxy) is 1. The Morgan fingerprint density at radius 1 is 1.55 bits per heavy atom. The molecule has 0 saturated heterocycles. The van der Waals surface area contributed by atoms with Crippen LogP contribution in [0.25, 0.3) is 0 Å². The molecule has 0 aromatic heterocycles. The minimum atomic E-state index is -0.435. The molecule has 1 aromatic carbocycles. The van der Waals surface area contributed by atoms with Gasteiger partial charge < -0.3 is 15.8 Å². The third-order valence-corrected chi connectivity index (χ3v) is 2.61. The van der Waals surface area contributed by atoms with Crippen LogP contribution in [0.15, 0.2) is 18.2 Å². The third kappa shape index (κ3) is 5.00. The van der Waals surface area contributed by atoms with Gasteiger partial charge in [0.1, 0.15) is 5.82 Å². The highest BCUT2D eigenvalue weighted by atomic mass is 19.1. The molecular formula is C15H19FN2O2. The molecule has 0 saturated carbocycles. The fourth-order valence-electron chi connectivity index (χ4n) is 1.67. The molecule has 1 amide bonds. The number of rotatable bonds is 5. The molecule has 0 aliphatic heterocycles. The lowest BCUT2D eigenvalue weighted by molar-refractivity contribution is 0.0934. The molecule has 0 aliphatic rings. The lowest BCUT2D eigenvalue weighted by Crippen LogP contribution is -2.30. The Balaban J connectivity index is 2.81. The third-order valence-electron chi connectivity index (χ3n) is 2.61. The molecule has 0 aliphatic carbocycles. The van der Waals surface area contributed by atoms with Gasteiger partial charge in [0, 0.05) is 19.2 Å². The summed E-state index contributed by atoms with van der Waals surface area (Å²) < 4.78 is 18.2. The zero-order valence-electron chi connectivity index (χ0n) is 11.7. The molecule has 0 radical (unpaired) electrons. The van der Waals surface area contributed by atoms with E-state index < -0.39 is 5.82 Å². The van der Waals surface area contributed by atoms with E-state index in [-0.39, 0.29) is 18.4 Å². The summed E-state index contributed by atoms with van der Waals surface area (Å²) >= 11 is 0. The van der Waals surface area contributed by atoms with Crippen molar-refractivity contribution in [1.82, 2.24) is 5.32 Å². The monoisotopic (exact) mass is 278 g/mol. The molecular weight excluding hydrogens is 259 g/mol. The minimum absolute atomic E-state index is 0.155. The molecule has 1 rings (SSSR count). The Labute approximate surface area is 118 Å². The zero-order chi connectivity index (χ0) is 15.0. The van der Waals surface area contributed by atoms with Gasteiger partial charge in [-0.15, -0.1) is 0 Å². The van der Waals surface area contributed by atoms with Gasteiger partial charge in [0.25, 0.3) is 5.91 Å². The van der Waals surface area contributed by atoms with Crippen molar-refractivity contribution >= 4 is 5.91 Å². The molecule has 1 aromatic rings. The van der Waals surface area contributed by atoms with Crippen molar-refractivity contribution < 1.29 is 13.9 Å². The number of amides is 1. The molecule has 108 valence electrons. The summed E-state index contributed by atoms with van der Waals surface area (Å²) in [6, 6.07) is 3.89. The van der Waals surface area contributed by atoms with Gasteiger partial charge in [-0.05, 0) is 24.1 Å². The number of hydrogen-bond acceptors (Lipinski definition) is 3. The summed E-state index contributed by atoms with van der Waals surface area (Å²) in [5, 5.41) is 2.78. The van der Waals surface area contributed by atoms with Crippen LogP contribution in [0.2, 0.25) is 0 Å². The Bertz CT molecular complexity index is 520. The van der Waals surface area contributed by atoms with E-state index in [0.717, 1.165) is 0 Å². The maximum absolute atomic E-state index is 13.2. The van der Waals surface area contributed by atoms with Crippen LogP contribution >= 0.6 is 0 Å². The number of nitrogens with one attached hydrogen (secondary N) is 1. The average Bonchev–Trinajstić information content (AvgIpc) is 2.43. The van der Waals surface area contributed by atoms with E-state index in [1.807, 2.05) is 6.92 Å². The van der Waals surface area contributed by atoms with Crippen LogP contribution in [0.1, 0.15) is 22.8 Å². The standard InChI is InChI=1S/C15H19FN2O2/c1-11(10-20-2)9-18-15(19)14-6-5-13(16)8-12(14)4-3-7-17/h5-6,8,11H,7,9-10,17H2,1-2H3,(H,18,19). The van der Waals surface area contributed by atoms with Crippen molar-refractivity contribution in [2.24, 2.45) is 11.7 Å². The smallest absolute Gasteiger partial charge is 0.252 e. The summed E-state index contributed by atoms with van der Waals surface area (Å²) in [6.07, 6.45) is 0. The first kappa shape index (κ1) is 16.2. The van der Waals surface area contributed by atoms with Crippen LogP contribution in [-0.4, -0.2) is 32.7 Å². The molecule has 0 spiro atoms. The molecule has 5 heteroatoms. The fraction of sp³-hybridized carbons (Fsp3) is 0.400. The molecule has 20 heavy (non-hydrogen) atoms. The number of carbonyl (C=O) groups is 1. The highest BCUT2D eigenvalue weighted by molar-refractivity contribution is 5.96. The number of nitrogens with two attached hydrogens (primary N) is 1. The molecule has 0 heterocycles. The van der Waals surface area contributed by atoms with Gasteiger partial charge in [-0.2, -0.15) is 0 Å². The predicted octanol–water partition coefficient (Wildman–Crippen LogP) is 1.15. The van der Waals surface area contributed by atoms with Crippen LogP contribution in [0.4, 0.5) is 4.39 Å². The first-order valence-electron chi connectivity index (χ1n) is 6.34. The molecule has 0 fully saturated rings. The highest BCUT2D eigenvalue weighted by Gasteiger charge is 2.12. The van der Waals surface area contributed by atoms with Gasteiger partial charge in [0.05, 0.1) is 18.7 Å². The topological polar surface area (TPSA) is 64.3 Å². The molecule has 0 bridgehead atoms. The van der Waals surface area contributed by atoms with Crippen LogP contribution in [-0.2, 0) is 4.74 Å². The van der Waals surface area contributed by atoms with E-state index in [1.165, 1.54) is 18.2 Å². The second kappa shape index (κ2) is 8.31. The van der Waals surface area contributed by atoms with E-state index in [2.05, 4.69) is 17.2 Å². The van der Waals surface area contributed by atoms with E-state index >= 15 is 0 Å². The first-order valence-corrected chi connectivity index (χ1v) is 6.34. The van der Waals surface area contributed by atoms with Crippen molar-refractivity contribution in [3.63, 3.8) is 0 Å². The zero-order valence-corrected chi connectivity index (χ0v) is 11.7. The number of carbonyl (C=O) groups excluding carboxylic acids is 1. The van der Waals surface area contributed by atoms with Crippen molar-refractivity contribution in [3.05, 3.63) is 35.1 Å². The van der Waals surface area contributed by atoms with E-state index in [4.69, 9.17) is 10.5 Å². The minimum Gasteiger partial charge on any atom is -0.384 e. The highest BCUT2D eigenvalue weighted by Crippen LogP contribution is 2.10. The van der Waals surface area contributed by atoms with E-state index in [1.54, 1.807) is 7.11 Å². The second-order valence-corrected chi connectivity index (χ2v) is 4.47. The largest absolute Gasteiger partial charge is 0.384 e. The van der Waals surface area contributed by atoms with Gasteiger partial charge in [0.2, 0.25) is 0 Å². The van der Waals surface area contributed by atoms with Gasteiger partial charge >= 0.3 is 0 Å². The second-order valence-electron chi connectivity index (χ2n) is 4.47. The molecule has 1 unspecified atom stereocenters. The van der Waals surface area contributed by atoms with Crippen LogP contribution < -0.4 is 11.1 Å². The quantitative estimate of drug-likeness (QED) is 0.794. The van der Waals surface area contributed by atoms with Gasteiger partial charge in [-0.25, -0.2) is 4.39 Å². The summed E-state index contributed by atoms with van der Waals surface area (Å²) in [5.74, 6) is 4.81. The normalized spacial score (nSPS) is 11.4. The average molecular weight is 278 g/mol. The number of methoxy groups -OCH3 is 1. The van der Waals surface area contributed by atoms with Crippen molar-refractivity contribution in [1.29, 1.82) is 0 Å². The number of benzene rings is 1. The number of hydrogen-bond donors (Lipinski definition) is 2. The molecule has 1 atom stereocenters. The Morgan fingerprint density at radius 2 is 2.30 bits per heavy atom. The predicted molar refractivity (Wildman–Crippen MR) is 75.7 cm³/mol. The summed E-state index contributed by atoms with van der Waals surface area (Å²) in [6.45, 7) is 3.16. The molecule has 3 N–H and O–H groups in total. The van der Waals surface area contributed by atoms with Gasteiger partial charge in [0.15, 0.2) is 0 Å². The van der Waals surface area contributed by atoms with Crippen LogP contribution in [0.3, 0.4) is 0 Å². The maximum atomic E-state index is 13.2. The van der Waals surface area contributed by atoms with Crippen molar-refractivity contribution in [3.8, 4) is 11.8 Å². The molecule has 4 nitrogen and oxygen atoms in total. The van der Waals surface area contributed by atoms with E-state index in [9.17, 15) is 9.18 Å². The van der Waals surface area contributed by atoms with E-state index in [0.29, 0.717) is 24.3 Å². The lowest BCUT2D eigenvalue weighted by Gasteiger charge is -2.12. The summed E-state index contributed by atoms with van der Waals surface area (Å²) in [5.41, 5.74) is 5.98. The first-order chi connectivity index (χ1) is 9.58. The Morgan fingerprint density at radius 3 is 2.95 bits per heavy atom. The van der Waals surface area contributed by atoms with Crippen LogP contribution in [0.5, 0.6) is 0 Å². The SMILES string of the molecule is COCC(C)CNC(=O)c1ccc(F)cc1C#CCN. The Hall–Kier alpha value is -1.90. The van der Waals surface area contributed by atoms with Gasteiger partial charge in [-0.1, -0.05) is 18.8 Å². The lowest BCUT2D eigenvalue weighted by atomic mass is 10.1. The van der Waals surface area contributed by atoms with Crippen molar-refractivity contribution in [2.45, 2.75) is 6.92 Å². The van der Waals surface area contributed by atoms with Crippen LogP contribution in [0, 0.1) is 23.6 Å². The summed E-state index contributed by atoms with van der Waals surface area (Å²) in [4.78, 5) is 12.1. The van der Waals surface area contributed by atoms with Gasteiger partial charge in [-0.3, -0.25) is 4.79 Å². The Kier molecular flexibility index (Phi) is 6.71. The fourth-order valence-corrected chi connectivity index (χ4v) is 1.67. The van der Waals surface area contributed by atoms with Crippen molar-refractivity contribution in [2.75, 3.05) is 26.8 Å².